The average molecular weight is 332 g/mol. The molecular formula is C12H14ClN3O2S2. The van der Waals surface area contributed by atoms with E-state index in [4.69, 9.17) is 17.3 Å². The van der Waals surface area contributed by atoms with Crippen molar-refractivity contribution in [3.63, 3.8) is 0 Å². The van der Waals surface area contributed by atoms with Gasteiger partial charge in [-0.25, -0.2) is 13.4 Å². The molecule has 0 aliphatic carbocycles. The zero-order chi connectivity index (χ0) is 15.1. The molecule has 0 bridgehead atoms. The van der Waals surface area contributed by atoms with E-state index < -0.39 is 10.0 Å². The average Bonchev–Trinajstić information content (AvgIpc) is 2.63. The summed E-state index contributed by atoms with van der Waals surface area (Å²) in [6, 6.07) is 2.76. The molecule has 0 radical (unpaired) electrons. The van der Waals surface area contributed by atoms with Crippen LogP contribution in [0.3, 0.4) is 0 Å². The van der Waals surface area contributed by atoms with Crippen LogP contribution in [0.1, 0.15) is 16.1 Å². The molecule has 2 rings (SSSR count). The van der Waals surface area contributed by atoms with Crippen molar-refractivity contribution in [2.24, 2.45) is 0 Å². The van der Waals surface area contributed by atoms with Gasteiger partial charge in [0, 0.05) is 15.6 Å². The van der Waals surface area contributed by atoms with Crippen LogP contribution in [0.4, 0.5) is 10.8 Å². The van der Waals surface area contributed by atoms with Gasteiger partial charge in [0.25, 0.3) is 10.0 Å². The van der Waals surface area contributed by atoms with Crippen molar-refractivity contribution in [1.29, 1.82) is 0 Å². The first-order valence-corrected chi connectivity index (χ1v) is 8.41. The maximum atomic E-state index is 12.3. The third-order valence-corrected chi connectivity index (χ3v) is 5.75. The number of hydrogen-bond donors (Lipinski definition) is 2. The number of rotatable bonds is 3. The first-order valence-electron chi connectivity index (χ1n) is 5.73. The van der Waals surface area contributed by atoms with Gasteiger partial charge < -0.3 is 5.73 Å². The topological polar surface area (TPSA) is 85.1 Å². The van der Waals surface area contributed by atoms with Gasteiger partial charge in [0.05, 0.1) is 10.6 Å². The Hall–Kier alpha value is -1.31. The Balaban J connectivity index is 2.40. The number of nitrogens with two attached hydrogens (primary N) is 1. The van der Waals surface area contributed by atoms with E-state index in [0.717, 1.165) is 10.6 Å². The summed E-state index contributed by atoms with van der Waals surface area (Å²) >= 11 is 7.25. The molecule has 1 heterocycles. The summed E-state index contributed by atoms with van der Waals surface area (Å²) in [5, 5.41) is 0.646. The normalized spacial score (nSPS) is 11.6. The molecule has 8 heteroatoms. The fourth-order valence-electron chi connectivity index (χ4n) is 1.52. The number of benzene rings is 1. The standard InChI is InChI=1S/C12H14ClN3O2S2/c1-6-10(13)4-9(5-11(6)14)20(17,18)16-12-15-7(2)8(3)19-12/h4-5H,14H2,1-3H3,(H,15,16). The van der Waals surface area contributed by atoms with Gasteiger partial charge in [-0.3, -0.25) is 4.72 Å². The number of aromatic nitrogens is 1. The summed E-state index contributed by atoms with van der Waals surface area (Å²) in [6.45, 7) is 5.44. The van der Waals surface area contributed by atoms with Crippen LogP contribution >= 0.6 is 22.9 Å². The van der Waals surface area contributed by atoms with E-state index in [-0.39, 0.29) is 4.90 Å². The minimum Gasteiger partial charge on any atom is -0.398 e. The summed E-state index contributed by atoms with van der Waals surface area (Å²) in [5.74, 6) is 0. The highest BCUT2D eigenvalue weighted by Gasteiger charge is 2.19. The summed E-state index contributed by atoms with van der Waals surface area (Å²) < 4.78 is 27.0. The lowest BCUT2D eigenvalue weighted by Crippen LogP contribution is -2.13. The Morgan fingerprint density at radius 2 is 1.95 bits per heavy atom. The number of anilines is 2. The van der Waals surface area contributed by atoms with E-state index in [1.165, 1.54) is 23.5 Å². The minimum absolute atomic E-state index is 0.0242. The number of nitrogen functional groups attached to an aromatic ring is 1. The van der Waals surface area contributed by atoms with Crippen LogP contribution in [0.5, 0.6) is 0 Å². The van der Waals surface area contributed by atoms with Crippen molar-refractivity contribution in [3.05, 3.63) is 33.3 Å². The van der Waals surface area contributed by atoms with Crippen LogP contribution < -0.4 is 10.5 Å². The summed E-state index contributed by atoms with van der Waals surface area (Å²) in [6.07, 6.45) is 0. The molecular weight excluding hydrogens is 318 g/mol. The highest BCUT2D eigenvalue weighted by Crippen LogP contribution is 2.28. The molecule has 1 aromatic carbocycles. The van der Waals surface area contributed by atoms with Crippen molar-refractivity contribution >= 4 is 43.8 Å². The van der Waals surface area contributed by atoms with Crippen LogP contribution in [0.25, 0.3) is 0 Å². The minimum atomic E-state index is -3.75. The van der Waals surface area contributed by atoms with E-state index in [1.54, 1.807) is 6.92 Å². The van der Waals surface area contributed by atoms with Gasteiger partial charge in [-0.1, -0.05) is 11.6 Å². The maximum Gasteiger partial charge on any atom is 0.263 e. The molecule has 0 unspecified atom stereocenters. The van der Waals surface area contributed by atoms with Crippen molar-refractivity contribution in [3.8, 4) is 0 Å². The van der Waals surface area contributed by atoms with Crippen LogP contribution in [-0.2, 0) is 10.0 Å². The summed E-state index contributed by atoms with van der Waals surface area (Å²) in [7, 11) is -3.75. The number of nitrogens with one attached hydrogen (secondary N) is 1. The number of halogens is 1. The first kappa shape index (κ1) is 15.1. The first-order chi connectivity index (χ1) is 9.20. The van der Waals surface area contributed by atoms with Crippen LogP contribution in [0, 0.1) is 20.8 Å². The van der Waals surface area contributed by atoms with Crippen molar-refractivity contribution in [1.82, 2.24) is 4.98 Å². The van der Waals surface area contributed by atoms with E-state index in [1.807, 2.05) is 13.8 Å². The molecule has 0 saturated carbocycles. The second kappa shape index (κ2) is 5.23. The second-order valence-electron chi connectivity index (χ2n) is 4.39. The van der Waals surface area contributed by atoms with Crippen LogP contribution in [-0.4, -0.2) is 13.4 Å². The monoisotopic (exact) mass is 331 g/mol. The lowest BCUT2D eigenvalue weighted by Gasteiger charge is -2.09. The van der Waals surface area contributed by atoms with Gasteiger partial charge in [0.2, 0.25) is 0 Å². The lowest BCUT2D eigenvalue weighted by molar-refractivity contribution is 0.601. The van der Waals surface area contributed by atoms with Gasteiger partial charge in [0.1, 0.15) is 0 Å². The smallest absolute Gasteiger partial charge is 0.263 e. The molecule has 3 N–H and O–H groups in total. The quantitative estimate of drug-likeness (QED) is 0.846. The second-order valence-corrected chi connectivity index (χ2v) is 7.68. The number of hydrogen-bond acceptors (Lipinski definition) is 5. The number of aryl methyl sites for hydroxylation is 2. The van der Waals surface area contributed by atoms with Crippen LogP contribution in [0.2, 0.25) is 5.02 Å². The molecule has 0 fully saturated rings. The third kappa shape index (κ3) is 2.89. The summed E-state index contributed by atoms with van der Waals surface area (Å²) in [4.78, 5) is 5.13. The number of sulfonamides is 1. The largest absolute Gasteiger partial charge is 0.398 e. The maximum absolute atomic E-state index is 12.3. The van der Waals surface area contributed by atoms with Crippen LogP contribution in [0.15, 0.2) is 17.0 Å². The highest BCUT2D eigenvalue weighted by atomic mass is 35.5. The SMILES string of the molecule is Cc1nc(NS(=O)(=O)c2cc(N)c(C)c(Cl)c2)sc1C. The van der Waals surface area contributed by atoms with E-state index in [2.05, 4.69) is 9.71 Å². The fraction of sp³-hybridized carbons (Fsp3) is 0.250. The number of thiazole rings is 1. The van der Waals surface area contributed by atoms with Crippen molar-refractivity contribution < 1.29 is 8.42 Å². The molecule has 0 saturated heterocycles. The Bertz CT molecular complexity index is 726. The fourth-order valence-corrected chi connectivity index (χ4v) is 3.92. The van der Waals surface area contributed by atoms with E-state index >= 15 is 0 Å². The molecule has 0 spiro atoms. The molecule has 108 valence electrons. The zero-order valence-corrected chi connectivity index (χ0v) is 13.6. The molecule has 0 aliphatic heterocycles. The van der Waals surface area contributed by atoms with Gasteiger partial charge in [-0.15, -0.1) is 11.3 Å². The molecule has 0 amide bonds. The van der Waals surface area contributed by atoms with Crippen molar-refractivity contribution in [2.75, 3.05) is 10.5 Å². The Morgan fingerprint density at radius 1 is 1.30 bits per heavy atom. The molecule has 0 atom stereocenters. The molecule has 5 nitrogen and oxygen atoms in total. The van der Waals surface area contributed by atoms with Gasteiger partial charge >= 0.3 is 0 Å². The molecule has 1 aromatic heterocycles. The van der Waals surface area contributed by atoms with Gasteiger partial charge in [-0.05, 0) is 38.5 Å². The lowest BCUT2D eigenvalue weighted by atomic mass is 10.2. The van der Waals surface area contributed by atoms with Gasteiger partial charge in [-0.2, -0.15) is 0 Å². The van der Waals surface area contributed by atoms with E-state index in [9.17, 15) is 8.42 Å². The summed E-state index contributed by atoms with van der Waals surface area (Å²) in [5.41, 5.74) is 7.55. The molecule has 2 aromatic rings. The number of nitrogens with zero attached hydrogens (tertiary/aromatic N) is 1. The zero-order valence-electron chi connectivity index (χ0n) is 11.2. The highest BCUT2D eigenvalue weighted by molar-refractivity contribution is 7.93. The predicted molar refractivity (Wildman–Crippen MR) is 83.0 cm³/mol. The Morgan fingerprint density at radius 3 is 2.45 bits per heavy atom. The molecule has 20 heavy (non-hydrogen) atoms. The predicted octanol–water partition coefficient (Wildman–Crippen LogP) is 3.10. The third-order valence-electron chi connectivity index (χ3n) is 2.92. The Kier molecular flexibility index (Phi) is 3.95. The van der Waals surface area contributed by atoms with Crippen molar-refractivity contribution in [2.45, 2.75) is 25.7 Å². The van der Waals surface area contributed by atoms with E-state index in [0.29, 0.717) is 21.4 Å². The molecule has 0 aliphatic rings. The van der Waals surface area contributed by atoms with Gasteiger partial charge in [0.15, 0.2) is 5.13 Å². The Labute approximate surface area is 126 Å².